The predicted molar refractivity (Wildman–Crippen MR) is 138 cm³/mol. The molecule has 3 aromatic rings. The van der Waals surface area contributed by atoms with Crippen molar-refractivity contribution in [2.24, 2.45) is 11.7 Å². The Morgan fingerprint density at radius 3 is 2.53 bits per heavy atom. The summed E-state index contributed by atoms with van der Waals surface area (Å²) in [5.74, 6) is 0.292. The van der Waals surface area contributed by atoms with Gasteiger partial charge in [-0.2, -0.15) is 0 Å². The Bertz CT molecular complexity index is 1250. The summed E-state index contributed by atoms with van der Waals surface area (Å²) < 4.78 is 0. The number of anilines is 1. The summed E-state index contributed by atoms with van der Waals surface area (Å²) in [6.45, 7) is 2.36. The van der Waals surface area contributed by atoms with Crippen LogP contribution in [0.1, 0.15) is 24.5 Å². The Hall–Kier alpha value is -2.87. The van der Waals surface area contributed by atoms with Gasteiger partial charge in [0.25, 0.3) is 0 Å². The Morgan fingerprint density at radius 2 is 1.91 bits per heavy atom. The van der Waals surface area contributed by atoms with Gasteiger partial charge in [0.05, 0.1) is 6.04 Å². The number of nitrogens with two attached hydrogens (primary N) is 1. The summed E-state index contributed by atoms with van der Waals surface area (Å²) in [7, 11) is 1.67. The summed E-state index contributed by atoms with van der Waals surface area (Å²) in [5.41, 5.74) is 9.11. The summed E-state index contributed by atoms with van der Waals surface area (Å²) in [6.07, 6.45) is 2.26. The first-order chi connectivity index (χ1) is 15.8. The third-order valence-electron chi connectivity index (χ3n) is 6.22. The molecule has 1 aliphatic carbocycles. The lowest BCUT2D eigenvalue weighted by atomic mass is 10.0. The minimum Gasteiger partial charge on any atom is -0.340 e. The number of nitrogens with one attached hydrogen (secondary N) is 1. The molecule has 3 N–H and O–H groups in total. The van der Waals surface area contributed by atoms with Crippen molar-refractivity contribution in [3.63, 3.8) is 0 Å². The van der Waals surface area contributed by atoms with E-state index in [4.69, 9.17) is 17.3 Å². The zero-order valence-electron chi connectivity index (χ0n) is 19.0. The second kappa shape index (κ2) is 10.6. The molecule has 0 radical (unpaired) electrons. The van der Waals surface area contributed by atoms with Crippen LogP contribution in [-0.2, 0) is 22.6 Å². The van der Waals surface area contributed by atoms with Crippen molar-refractivity contribution in [3.05, 3.63) is 75.0 Å². The van der Waals surface area contributed by atoms with Crippen molar-refractivity contribution in [2.45, 2.75) is 38.4 Å². The third kappa shape index (κ3) is 5.60. The summed E-state index contributed by atoms with van der Waals surface area (Å²) in [4.78, 5) is 42.5. The van der Waals surface area contributed by atoms with Gasteiger partial charge in [-0.05, 0) is 60.2 Å². The van der Waals surface area contributed by atoms with Crippen molar-refractivity contribution >= 4 is 52.9 Å². The highest BCUT2D eigenvalue weighted by molar-refractivity contribution is 6.31. The van der Waals surface area contributed by atoms with Crippen LogP contribution in [0.2, 0.25) is 5.02 Å². The largest absolute Gasteiger partial charge is 0.340 e. The second-order valence-corrected chi connectivity index (χ2v) is 9.25. The standard InChI is InChI=1S/C25H27ClN4O3.ClH/c1-15-9-23(15)30(14-31)19-6-3-16(4-7-19)10-21(27)25(33)29(2)13-17-11-24(32)28-22-8-5-18(26)12-20(17)22;/h3-8,11-12,14-15,21,23H,9-10,13,27H2,1-2H3,(H,28,32);1H/t15?,21-,23?;/m0./s1. The quantitative estimate of drug-likeness (QED) is 0.460. The lowest BCUT2D eigenvalue weighted by Crippen LogP contribution is -2.42. The number of benzene rings is 2. The van der Waals surface area contributed by atoms with Gasteiger partial charge in [0.1, 0.15) is 0 Å². The first-order valence-corrected chi connectivity index (χ1v) is 11.3. The van der Waals surface area contributed by atoms with Crippen LogP contribution in [-0.4, -0.2) is 41.3 Å². The zero-order valence-corrected chi connectivity index (χ0v) is 20.6. The maximum atomic E-state index is 12.9. The molecule has 1 aromatic heterocycles. The molecular weight excluding hydrogens is 475 g/mol. The van der Waals surface area contributed by atoms with E-state index in [1.165, 1.54) is 11.0 Å². The number of pyridine rings is 1. The molecule has 2 aromatic carbocycles. The van der Waals surface area contributed by atoms with Gasteiger partial charge in [0.2, 0.25) is 17.9 Å². The Balaban J connectivity index is 0.00000324. The molecule has 34 heavy (non-hydrogen) atoms. The van der Waals surface area contributed by atoms with Gasteiger partial charge < -0.3 is 20.5 Å². The highest BCUT2D eigenvalue weighted by atomic mass is 35.5. The number of amides is 2. The molecule has 1 fully saturated rings. The molecule has 4 rings (SSSR count). The molecule has 9 heteroatoms. The van der Waals surface area contributed by atoms with Crippen LogP contribution in [0.4, 0.5) is 5.69 Å². The highest BCUT2D eigenvalue weighted by Crippen LogP contribution is 2.37. The van der Waals surface area contributed by atoms with Crippen molar-refractivity contribution in [1.29, 1.82) is 0 Å². The number of carbonyl (C=O) groups is 2. The van der Waals surface area contributed by atoms with E-state index in [2.05, 4.69) is 11.9 Å². The molecular formula is C25H28Cl2N4O3. The molecule has 0 saturated heterocycles. The Kier molecular flexibility index (Phi) is 8.02. The summed E-state index contributed by atoms with van der Waals surface area (Å²) in [6, 6.07) is 13.8. The number of fused-ring (bicyclic) bond motifs is 1. The number of hydrogen-bond acceptors (Lipinski definition) is 4. The second-order valence-electron chi connectivity index (χ2n) is 8.81. The fraction of sp³-hybridized carbons (Fsp3) is 0.320. The van der Waals surface area contributed by atoms with E-state index >= 15 is 0 Å². The molecule has 1 heterocycles. The molecule has 0 spiro atoms. The minimum absolute atomic E-state index is 0. The minimum atomic E-state index is -0.733. The zero-order chi connectivity index (χ0) is 23.7. The van der Waals surface area contributed by atoms with Gasteiger partial charge >= 0.3 is 0 Å². The first kappa shape index (κ1) is 25.7. The Morgan fingerprint density at radius 1 is 1.24 bits per heavy atom. The van der Waals surface area contributed by atoms with Crippen molar-refractivity contribution in [1.82, 2.24) is 9.88 Å². The van der Waals surface area contributed by atoms with Crippen LogP contribution in [0.15, 0.2) is 53.3 Å². The van der Waals surface area contributed by atoms with Gasteiger partial charge in [0.15, 0.2) is 0 Å². The number of aromatic nitrogens is 1. The molecule has 180 valence electrons. The maximum absolute atomic E-state index is 12.9. The van der Waals surface area contributed by atoms with E-state index < -0.39 is 6.04 Å². The van der Waals surface area contributed by atoms with Crippen LogP contribution in [0.3, 0.4) is 0 Å². The average Bonchev–Trinajstić information content (AvgIpc) is 3.51. The molecule has 0 aliphatic heterocycles. The van der Waals surface area contributed by atoms with Gasteiger partial charge in [-0.3, -0.25) is 14.4 Å². The maximum Gasteiger partial charge on any atom is 0.248 e. The van der Waals surface area contributed by atoms with E-state index in [9.17, 15) is 14.4 Å². The number of hydrogen-bond donors (Lipinski definition) is 2. The molecule has 3 atom stereocenters. The van der Waals surface area contributed by atoms with E-state index in [0.29, 0.717) is 28.4 Å². The number of aromatic amines is 1. The fourth-order valence-corrected chi connectivity index (χ4v) is 4.38. The third-order valence-corrected chi connectivity index (χ3v) is 6.45. The fourth-order valence-electron chi connectivity index (χ4n) is 4.21. The lowest BCUT2D eigenvalue weighted by molar-refractivity contribution is -0.131. The molecule has 2 unspecified atom stereocenters. The van der Waals surface area contributed by atoms with E-state index in [-0.39, 0.29) is 36.5 Å². The number of rotatable bonds is 8. The molecule has 1 aliphatic rings. The number of likely N-dealkylation sites (N-methyl/N-ethyl adjacent to an activating group) is 1. The lowest BCUT2D eigenvalue weighted by Gasteiger charge is -2.22. The van der Waals surface area contributed by atoms with Crippen LogP contribution in [0.25, 0.3) is 10.9 Å². The van der Waals surface area contributed by atoms with Gasteiger partial charge in [-0.25, -0.2) is 0 Å². The van der Waals surface area contributed by atoms with Crippen molar-refractivity contribution < 1.29 is 9.59 Å². The highest BCUT2D eigenvalue weighted by Gasteiger charge is 2.38. The van der Waals surface area contributed by atoms with Crippen LogP contribution >= 0.6 is 24.0 Å². The average molecular weight is 503 g/mol. The number of carbonyl (C=O) groups excluding carboxylic acids is 2. The SMILES string of the molecule is CC1CC1N(C=O)c1ccc(C[C@H](N)C(=O)N(C)Cc2cc(=O)[nH]c3ccc(Cl)cc23)cc1.Cl. The monoisotopic (exact) mass is 502 g/mol. The van der Waals surface area contributed by atoms with Crippen molar-refractivity contribution in [3.8, 4) is 0 Å². The molecule has 1 saturated carbocycles. The normalized spacial score (nSPS) is 17.5. The van der Waals surface area contributed by atoms with E-state index in [1.54, 1.807) is 30.1 Å². The van der Waals surface area contributed by atoms with E-state index in [0.717, 1.165) is 29.5 Å². The van der Waals surface area contributed by atoms with Crippen LogP contribution < -0.4 is 16.2 Å². The van der Waals surface area contributed by atoms with E-state index in [1.807, 2.05) is 24.3 Å². The number of H-pyrrole nitrogens is 1. The van der Waals surface area contributed by atoms with Crippen LogP contribution in [0.5, 0.6) is 0 Å². The predicted octanol–water partition coefficient (Wildman–Crippen LogP) is 3.50. The van der Waals surface area contributed by atoms with Gasteiger partial charge in [-0.1, -0.05) is 30.7 Å². The van der Waals surface area contributed by atoms with Crippen molar-refractivity contribution in [2.75, 3.05) is 11.9 Å². The summed E-state index contributed by atoms with van der Waals surface area (Å²) >= 11 is 6.12. The smallest absolute Gasteiger partial charge is 0.248 e. The Labute approximate surface area is 209 Å². The molecule has 7 nitrogen and oxygen atoms in total. The topological polar surface area (TPSA) is 99.5 Å². The van der Waals surface area contributed by atoms with Gasteiger partial charge in [-0.15, -0.1) is 12.4 Å². The number of halogens is 2. The summed E-state index contributed by atoms with van der Waals surface area (Å²) in [5, 5.41) is 1.34. The van der Waals surface area contributed by atoms with Crippen LogP contribution in [0, 0.1) is 5.92 Å². The molecule has 0 bridgehead atoms. The number of nitrogens with zero attached hydrogens (tertiary/aromatic N) is 2. The first-order valence-electron chi connectivity index (χ1n) is 10.9. The molecule has 2 amide bonds. The van der Waals surface area contributed by atoms with Gasteiger partial charge in [0, 0.05) is 47.3 Å².